The van der Waals surface area contributed by atoms with E-state index < -0.39 is 5.97 Å². The number of ketones is 1. The highest BCUT2D eigenvalue weighted by Crippen LogP contribution is 2.18. The lowest BCUT2D eigenvalue weighted by atomic mass is 10.1. The van der Waals surface area contributed by atoms with Gasteiger partial charge in [-0.1, -0.05) is 51.9 Å². The standard InChI is InChI=1S/C24H38O6/c1-2-3-4-5-6-7-8-10-18-29-22-13-15-23(16-14-22)30-20-21(25)19-28-17-11-9-12-24(26)27/h13-16H,2-12,17-20H2,1H3,(H,26,27). The molecule has 0 bridgehead atoms. The van der Waals surface area contributed by atoms with Gasteiger partial charge in [-0.3, -0.25) is 9.59 Å². The maximum atomic E-state index is 11.8. The second-order valence-corrected chi connectivity index (χ2v) is 7.53. The van der Waals surface area contributed by atoms with E-state index in [4.69, 9.17) is 19.3 Å². The van der Waals surface area contributed by atoms with Crippen molar-refractivity contribution in [1.29, 1.82) is 0 Å². The molecule has 6 nitrogen and oxygen atoms in total. The maximum Gasteiger partial charge on any atom is 0.303 e. The first-order valence-corrected chi connectivity index (χ1v) is 11.3. The van der Waals surface area contributed by atoms with E-state index in [9.17, 15) is 9.59 Å². The summed E-state index contributed by atoms with van der Waals surface area (Å²) in [4.78, 5) is 22.1. The summed E-state index contributed by atoms with van der Waals surface area (Å²) in [6.07, 6.45) is 11.5. The Morgan fingerprint density at radius 2 is 1.30 bits per heavy atom. The SMILES string of the molecule is CCCCCCCCCCOc1ccc(OCC(=O)COCCCCC(=O)O)cc1. The molecule has 0 aliphatic rings. The molecule has 0 amide bonds. The molecule has 0 aliphatic heterocycles. The van der Waals surface area contributed by atoms with E-state index in [0.717, 1.165) is 18.8 Å². The summed E-state index contributed by atoms with van der Waals surface area (Å²) in [6.45, 7) is 3.27. The van der Waals surface area contributed by atoms with Crippen molar-refractivity contribution < 1.29 is 28.9 Å². The smallest absolute Gasteiger partial charge is 0.303 e. The van der Waals surface area contributed by atoms with Crippen molar-refractivity contribution in [3.8, 4) is 11.5 Å². The minimum absolute atomic E-state index is 0.0210. The fourth-order valence-electron chi connectivity index (χ4n) is 2.93. The molecule has 0 spiro atoms. The summed E-state index contributed by atoms with van der Waals surface area (Å²) in [5.41, 5.74) is 0. The number of carboxylic acid groups (broad SMARTS) is 1. The van der Waals surface area contributed by atoms with Crippen LogP contribution < -0.4 is 9.47 Å². The molecule has 0 heterocycles. The van der Waals surface area contributed by atoms with E-state index >= 15 is 0 Å². The summed E-state index contributed by atoms with van der Waals surface area (Å²) in [6, 6.07) is 7.29. The molecule has 6 heteroatoms. The summed E-state index contributed by atoms with van der Waals surface area (Å²) in [5.74, 6) is 0.456. The first-order valence-electron chi connectivity index (χ1n) is 11.3. The zero-order chi connectivity index (χ0) is 21.9. The summed E-state index contributed by atoms with van der Waals surface area (Å²) >= 11 is 0. The van der Waals surface area contributed by atoms with Gasteiger partial charge in [0.15, 0.2) is 5.78 Å². The van der Waals surface area contributed by atoms with Crippen molar-refractivity contribution in [3.63, 3.8) is 0 Å². The van der Waals surface area contributed by atoms with E-state index in [-0.39, 0.29) is 25.4 Å². The van der Waals surface area contributed by atoms with Gasteiger partial charge in [0.2, 0.25) is 0 Å². The number of hydrogen-bond donors (Lipinski definition) is 1. The van der Waals surface area contributed by atoms with Gasteiger partial charge < -0.3 is 19.3 Å². The van der Waals surface area contributed by atoms with E-state index in [1.54, 1.807) is 12.1 Å². The maximum absolute atomic E-state index is 11.8. The van der Waals surface area contributed by atoms with Crippen LogP contribution in [0.5, 0.6) is 11.5 Å². The van der Waals surface area contributed by atoms with E-state index in [1.807, 2.05) is 12.1 Å². The largest absolute Gasteiger partial charge is 0.494 e. The van der Waals surface area contributed by atoms with Crippen LogP contribution in [0.25, 0.3) is 0 Å². The van der Waals surface area contributed by atoms with Crippen LogP contribution >= 0.6 is 0 Å². The number of rotatable bonds is 20. The van der Waals surface area contributed by atoms with Crippen LogP contribution in [0.2, 0.25) is 0 Å². The second kappa shape index (κ2) is 17.8. The number of Topliss-reactive ketones (excluding diaryl/α,β-unsaturated/α-hetero) is 1. The topological polar surface area (TPSA) is 82.1 Å². The highest BCUT2D eigenvalue weighted by Gasteiger charge is 2.05. The van der Waals surface area contributed by atoms with Crippen LogP contribution in [0.15, 0.2) is 24.3 Å². The summed E-state index contributed by atoms with van der Waals surface area (Å²) < 4.78 is 16.5. The van der Waals surface area contributed by atoms with E-state index in [0.29, 0.717) is 25.2 Å². The highest BCUT2D eigenvalue weighted by atomic mass is 16.5. The number of carboxylic acids is 1. The Morgan fingerprint density at radius 1 is 0.733 bits per heavy atom. The molecular weight excluding hydrogens is 384 g/mol. The van der Waals surface area contributed by atoms with Crippen molar-refractivity contribution in [2.45, 2.75) is 77.6 Å². The number of unbranched alkanes of at least 4 members (excludes halogenated alkanes) is 8. The molecule has 0 atom stereocenters. The molecule has 1 N–H and O–H groups in total. The summed E-state index contributed by atoms with van der Waals surface area (Å²) in [7, 11) is 0. The highest BCUT2D eigenvalue weighted by molar-refractivity contribution is 5.81. The molecule has 1 rings (SSSR count). The molecule has 30 heavy (non-hydrogen) atoms. The monoisotopic (exact) mass is 422 g/mol. The van der Waals surface area contributed by atoms with E-state index in [2.05, 4.69) is 6.92 Å². The lowest BCUT2D eigenvalue weighted by Gasteiger charge is -2.09. The summed E-state index contributed by atoms with van der Waals surface area (Å²) in [5, 5.41) is 8.54. The average Bonchev–Trinajstić information content (AvgIpc) is 2.74. The predicted octanol–water partition coefficient (Wildman–Crippen LogP) is 5.43. The van der Waals surface area contributed by atoms with Gasteiger partial charge in [0.25, 0.3) is 0 Å². The van der Waals surface area contributed by atoms with Crippen molar-refractivity contribution >= 4 is 11.8 Å². The number of benzene rings is 1. The molecule has 0 radical (unpaired) electrons. The number of hydrogen-bond acceptors (Lipinski definition) is 5. The Kier molecular flexibility index (Phi) is 15.4. The van der Waals surface area contributed by atoms with Crippen LogP contribution in [0.4, 0.5) is 0 Å². The third kappa shape index (κ3) is 14.9. The van der Waals surface area contributed by atoms with Gasteiger partial charge in [-0.2, -0.15) is 0 Å². The number of carbonyl (C=O) groups excluding carboxylic acids is 1. The van der Waals surface area contributed by atoms with Crippen molar-refractivity contribution in [2.24, 2.45) is 0 Å². The van der Waals surface area contributed by atoms with Crippen molar-refractivity contribution in [1.82, 2.24) is 0 Å². The fourth-order valence-corrected chi connectivity index (χ4v) is 2.93. The van der Waals surface area contributed by atoms with Crippen LogP contribution in [-0.2, 0) is 14.3 Å². The third-order valence-corrected chi connectivity index (χ3v) is 4.68. The Labute approximate surface area is 180 Å². The first kappa shape index (κ1) is 26.0. The zero-order valence-corrected chi connectivity index (χ0v) is 18.4. The van der Waals surface area contributed by atoms with Crippen molar-refractivity contribution in [2.75, 3.05) is 26.4 Å². The number of aliphatic carboxylic acids is 1. The molecule has 0 aliphatic carbocycles. The Balaban J connectivity index is 2.04. The Hall–Kier alpha value is -2.08. The lowest BCUT2D eigenvalue weighted by molar-refractivity contribution is -0.137. The molecule has 0 aromatic heterocycles. The molecule has 1 aromatic carbocycles. The Bertz CT molecular complexity index is 570. The molecule has 0 unspecified atom stereocenters. The molecule has 0 saturated carbocycles. The molecule has 0 saturated heterocycles. The van der Waals surface area contributed by atoms with Gasteiger partial charge in [-0.25, -0.2) is 0 Å². The quantitative estimate of drug-likeness (QED) is 0.282. The number of ether oxygens (including phenoxy) is 3. The van der Waals surface area contributed by atoms with Crippen LogP contribution in [0, 0.1) is 0 Å². The van der Waals surface area contributed by atoms with E-state index in [1.165, 1.54) is 44.9 Å². The molecule has 0 fully saturated rings. The minimum atomic E-state index is -0.816. The fraction of sp³-hybridized carbons (Fsp3) is 0.667. The normalized spacial score (nSPS) is 10.7. The van der Waals surface area contributed by atoms with Gasteiger partial charge in [-0.15, -0.1) is 0 Å². The van der Waals surface area contributed by atoms with Gasteiger partial charge in [0, 0.05) is 13.0 Å². The van der Waals surface area contributed by atoms with Gasteiger partial charge in [-0.05, 0) is 43.5 Å². The lowest BCUT2D eigenvalue weighted by Crippen LogP contribution is -2.17. The molecular formula is C24H38O6. The van der Waals surface area contributed by atoms with Crippen LogP contribution in [0.3, 0.4) is 0 Å². The Morgan fingerprint density at radius 3 is 1.93 bits per heavy atom. The molecule has 1 aromatic rings. The van der Waals surface area contributed by atoms with Gasteiger partial charge in [0.05, 0.1) is 6.61 Å². The van der Waals surface area contributed by atoms with Crippen LogP contribution in [0.1, 0.15) is 77.6 Å². The number of carbonyl (C=O) groups is 2. The minimum Gasteiger partial charge on any atom is -0.494 e. The van der Waals surface area contributed by atoms with Crippen molar-refractivity contribution in [3.05, 3.63) is 24.3 Å². The van der Waals surface area contributed by atoms with Gasteiger partial charge in [0.1, 0.15) is 24.7 Å². The predicted molar refractivity (Wildman–Crippen MR) is 117 cm³/mol. The van der Waals surface area contributed by atoms with Gasteiger partial charge >= 0.3 is 5.97 Å². The average molecular weight is 423 g/mol. The first-order chi connectivity index (χ1) is 14.6. The zero-order valence-electron chi connectivity index (χ0n) is 18.4. The second-order valence-electron chi connectivity index (χ2n) is 7.53. The van der Waals surface area contributed by atoms with Crippen LogP contribution in [-0.4, -0.2) is 43.3 Å². The molecule has 170 valence electrons. The third-order valence-electron chi connectivity index (χ3n) is 4.68.